The van der Waals surface area contributed by atoms with Gasteiger partial charge in [-0.3, -0.25) is 0 Å². The lowest BCUT2D eigenvalue weighted by Crippen LogP contribution is -2.03. The van der Waals surface area contributed by atoms with Crippen LogP contribution < -0.4 is 5.32 Å². The monoisotopic (exact) mass is 227 g/mol. The maximum Gasteiger partial charge on any atom is 0.0556 e. The van der Waals surface area contributed by atoms with Gasteiger partial charge in [-0.15, -0.1) is 0 Å². The number of hydrogen-bond acceptors (Lipinski definition) is 2. The summed E-state index contributed by atoms with van der Waals surface area (Å²) in [5.41, 5.74) is 5.13. The van der Waals surface area contributed by atoms with Crippen LogP contribution >= 0.6 is 11.8 Å². The fourth-order valence-electron chi connectivity index (χ4n) is 2.02. The van der Waals surface area contributed by atoms with Crippen LogP contribution in [0.15, 0.2) is 46.2 Å². The van der Waals surface area contributed by atoms with Crippen molar-refractivity contribution in [3.63, 3.8) is 0 Å². The van der Waals surface area contributed by atoms with E-state index >= 15 is 0 Å². The molecule has 80 valence electrons. The lowest BCUT2D eigenvalue weighted by molar-refractivity contribution is 1.25. The smallest absolute Gasteiger partial charge is 0.0556 e. The van der Waals surface area contributed by atoms with Crippen LogP contribution in [0, 0.1) is 13.8 Å². The van der Waals surface area contributed by atoms with Crippen molar-refractivity contribution in [2.75, 3.05) is 5.32 Å². The Hall–Kier alpha value is -1.41. The molecule has 1 aliphatic rings. The second-order valence-corrected chi connectivity index (χ2v) is 5.21. The van der Waals surface area contributed by atoms with E-state index in [-0.39, 0.29) is 0 Å². The molecule has 2 aromatic rings. The maximum atomic E-state index is 3.56. The highest BCUT2D eigenvalue weighted by atomic mass is 32.2. The van der Waals surface area contributed by atoms with Gasteiger partial charge in [0, 0.05) is 9.79 Å². The molecule has 0 saturated heterocycles. The molecule has 1 aliphatic heterocycles. The Labute approximate surface area is 99.9 Å². The van der Waals surface area contributed by atoms with Gasteiger partial charge in [-0.2, -0.15) is 0 Å². The highest BCUT2D eigenvalue weighted by molar-refractivity contribution is 7.99. The summed E-state index contributed by atoms with van der Waals surface area (Å²) >= 11 is 1.85. The van der Waals surface area contributed by atoms with Crippen molar-refractivity contribution in [2.24, 2.45) is 0 Å². The summed E-state index contributed by atoms with van der Waals surface area (Å²) in [7, 11) is 0. The lowest BCUT2D eigenvalue weighted by atomic mass is 10.1. The normalized spacial score (nSPS) is 12.6. The van der Waals surface area contributed by atoms with E-state index in [1.807, 2.05) is 11.8 Å². The summed E-state index contributed by atoms with van der Waals surface area (Å²) in [6.07, 6.45) is 0. The molecule has 1 nitrogen and oxygen atoms in total. The van der Waals surface area contributed by atoms with E-state index in [2.05, 4.69) is 55.6 Å². The van der Waals surface area contributed by atoms with Crippen LogP contribution in [-0.4, -0.2) is 0 Å². The Balaban J connectivity index is 2.17. The zero-order chi connectivity index (χ0) is 11.1. The van der Waals surface area contributed by atoms with Crippen LogP contribution in [0.25, 0.3) is 0 Å². The first-order valence-electron chi connectivity index (χ1n) is 5.40. The van der Waals surface area contributed by atoms with E-state index in [1.54, 1.807) is 0 Å². The summed E-state index contributed by atoms with van der Waals surface area (Å²) in [6.45, 7) is 4.30. The molecule has 1 heterocycles. The molecule has 0 radical (unpaired) electrons. The van der Waals surface area contributed by atoms with Gasteiger partial charge in [-0.1, -0.05) is 36.0 Å². The molecular formula is C14H13NS. The minimum absolute atomic E-state index is 1.26. The summed E-state index contributed by atoms with van der Waals surface area (Å²) in [5, 5.41) is 3.56. The standard InChI is InChI=1S/C14H13NS/c1-9-5-3-7-11-13(9)15-14-10(2)6-4-8-12(14)16-11/h3-8,15H,1-2H3. The topological polar surface area (TPSA) is 12.0 Å². The molecule has 0 amide bonds. The molecule has 0 saturated carbocycles. The second kappa shape index (κ2) is 3.56. The minimum Gasteiger partial charge on any atom is -0.353 e. The largest absolute Gasteiger partial charge is 0.353 e. The number of aryl methyl sites for hydroxylation is 2. The molecule has 0 unspecified atom stereocenters. The molecule has 0 bridgehead atoms. The van der Waals surface area contributed by atoms with Crippen molar-refractivity contribution in [1.29, 1.82) is 0 Å². The molecule has 2 aromatic carbocycles. The zero-order valence-corrected chi connectivity index (χ0v) is 10.2. The third kappa shape index (κ3) is 1.41. The first-order valence-corrected chi connectivity index (χ1v) is 6.21. The van der Waals surface area contributed by atoms with E-state index in [9.17, 15) is 0 Å². The Kier molecular flexibility index (Phi) is 2.18. The Bertz CT molecular complexity index is 511. The van der Waals surface area contributed by atoms with Crippen LogP contribution in [-0.2, 0) is 0 Å². The van der Waals surface area contributed by atoms with E-state index in [0.717, 1.165) is 0 Å². The molecule has 0 aromatic heterocycles. The first kappa shape index (κ1) is 9.79. The number of rotatable bonds is 0. The third-order valence-electron chi connectivity index (χ3n) is 2.94. The number of anilines is 2. The van der Waals surface area contributed by atoms with Crippen molar-refractivity contribution in [2.45, 2.75) is 23.6 Å². The van der Waals surface area contributed by atoms with Crippen LogP contribution in [0.4, 0.5) is 11.4 Å². The fraction of sp³-hybridized carbons (Fsp3) is 0.143. The number of hydrogen-bond donors (Lipinski definition) is 1. The predicted molar refractivity (Wildman–Crippen MR) is 69.8 cm³/mol. The minimum atomic E-state index is 1.26. The van der Waals surface area contributed by atoms with Gasteiger partial charge in [0.15, 0.2) is 0 Å². The molecule has 0 atom stereocenters. The fourth-order valence-corrected chi connectivity index (χ4v) is 3.17. The SMILES string of the molecule is Cc1cccc2c1Nc1c(C)cccc1S2. The van der Waals surface area contributed by atoms with E-state index in [1.165, 1.54) is 32.3 Å². The molecule has 0 aliphatic carbocycles. The van der Waals surface area contributed by atoms with Gasteiger partial charge in [0.05, 0.1) is 11.4 Å². The predicted octanol–water partition coefficient (Wildman–Crippen LogP) is 4.51. The molecule has 0 spiro atoms. The zero-order valence-electron chi connectivity index (χ0n) is 9.37. The third-order valence-corrected chi connectivity index (χ3v) is 4.06. The van der Waals surface area contributed by atoms with E-state index < -0.39 is 0 Å². The van der Waals surface area contributed by atoms with Crippen LogP contribution in [0.5, 0.6) is 0 Å². The molecular weight excluding hydrogens is 214 g/mol. The number of fused-ring (bicyclic) bond motifs is 2. The highest BCUT2D eigenvalue weighted by Crippen LogP contribution is 2.46. The van der Waals surface area contributed by atoms with Crippen molar-refractivity contribution >= 4 is 23.1 Å². The summed E-state index contributed by atoms with van der Waals surface area (Å²) in [4.78, 5) is 2.64. The number of benzene rings is 2. The van der Waals surface area contributed by atoms with Crippen LogP contribution in [0.3, 0.4) is 0 Å². The van der Waals surface area contributed by atoms with Crippen LogP contribution in [0.1, 0.15) is 11.1 Å². The average Bonchev–Trinajstić information content (AvgIpc) is 2.28. The number of nitrogens with one attached hydrogen (secondary N) is 1. The van der Waals surface area contributed by atoms with E-state index in [4.69, 9.17) is 0 Å². The highest BCUT2D eigenvalue weighted by Gasteiger charge is 2.17. The summed E-state index contributed by atoms with van der Waals surface area (Å²) < 4.78 is 0. The summed E-state index contributed by atoms with van der Waals surface area (Å²) in [6, 6.07) is 12.9. The molecule has 2 heteroatoms. The van der Waals surface area contributed by atoms with Gasteiger partial charge in [0.1, 0.15) is 0 Å². The summed E-state index contributed by atoms with van der Waals surface area (Å²) in [5.74, 6) is 0. The Morgan fingerprint density at radius 1 is 0.812 bits per heavy atom. The Morgan fingerprint density at radius 2 is 1.31 bits per heavy atom. The average molecular weight is 227 g/mol. The van der Waals surface area contributed by atoms with E-state index in [0.29, 0.717) is 0 Å². The first-order chi connectivity index (χ1) is 7.75. The quantitative estimate of drug-likeness (QED) is 0.606. The molecule has 1 N–H and O–H groups in total. The van der Waals surface area contributed by atoms with Crippen molar-refractivity contribution in [3.05, 3.63) is 47.5 Å². The second-order valence-electron chi connectivity index (χ2n) is 4.12. The van der Waals surface area contributed by atoms with Crippen molar-refractivity contribution < 1.29 is 0 Å². The van der Waals surface area contributed by atoms with Gasteiger partial charge < -0.3 is 5.32 Å². The van der Waals surface area contributed by atoms with Gasteiger partial charge >= 0.3 is 0 Å². The van der Waals surface area contributed by atoms with Crippen LogP contribution in [0.2, 0.25) is 0 Å². The molecule has 3 rings (SSSR count). The van der Waals surface area contributed by atoms with Crippen molar-refractivity contribution in [1.82, 2.24) is 0 Å². The van der Waals surface area contributed by atoms with Gasteiger partial charge in [0.25, 0.3) is 0 Å². The maximum absolute atomic E-state index is 3.56. The van der Waals surface area contributed by atoms with Gasteiger partial charge in [-0.05, 0) is 37.1 Å². The lowest BCUT2D eigenvalue weighted by Gasteiger charge is -2.23. The molecule has 0 fully saturated rings. The molecule has 16 heavy (non-hydrogen) atoms. The number of para-hydroxylation sites is 2. The van der Waals surface area contributed by atoms with Gasteiger partial charge in [0.2, 0.25) is 0 Å². The van der Waals surface area contributed by atoms with Gasteiger partial charge in [-0.25, -0.2) is 0 Å². The Morgan fingerprint density at radius 3 is 1.81 bits per heavy atom. The van der Waals surface area contributed by atoms with Crippen molar-refractivity contribution in [3.8, 4) is 0 Å².